The quantitative estimate of drug-likeness (QED) is 0.174. The van der Waals surface area contributed by atoms with Crippen molar-refractivity contribution in [3.63, 3.8) is 0 Å². The second-order valence-corrected chi connectivity index (χ2v) is 26.7. The minimum absolute atomic E-state index is 0.0281. The molecule has 1 spiro atoms. The number of pyridine rings is 1. The summed E-state index contributed by atoms with van der Waals surface area (Å²) in [6.07, 6.45) is 11.8. The van der Waals surface area contributed by atoms with E-state index in [-0.39, 0.29) is 66.4 Å². The summed E-state index contributed by atoms with van der Waals surface area (Å²) in [7, 11) is 1.74. The molecule has 1 aromatic carbocycles. The number of nitrogens with zero attached hydrogens (tertiary/aromatic N) is 8. The minimum Gasteiger partial charge on any atom is -0.464 e. The Bertz CT molecular complexity index is 2850. The number of esters is 1. The molecule has 9 fully saturated rings. The molecule has 440 valence electrons. The van der Waals surface area contributed by atoms with Gasteiger partial charge in [-0.1, -0.05) is 26.7 Å². The number of amides is 3. The van der Waals surface area contributed by atoms with Crippen LogP contribution in [0.3, 0.4) is 0 Å². The van der Waals surface area contributed by atoms with Gasteiger partial charge in [-0.05, 0) is 120 Å². The number of likely N-dealkylation sites (tertiary alicyclic amines) is 2. The maximum atomic E-state index is 15.3. The highest BCUT2D eigenvalue weighted by molar-refractivity contribution is 5.95. The average molecular weight is 1120 g/mol. The van der Waals surface area contributed by atoms with Crippen molar-refractivity contribution in [1.29, 1.82) is 0 Å². The highest BCUT2D eigenvalue weighted by Gasteiger charge is 2.55. The van der Waals surface area contributed by atoms with Crippen molar-refractivity contribution in [3.05, 3.63) is 41.7 Å². The van der Waals surface area contributed by atoms with Crippen LogP contribution in [0.4, 0.5) is 11.4 Å². The Kier molecular flexibility index (Phi) is 15.4. The number of cyclic esters (lactones) is 1. The van der Waals surface area contributed by atoms with Gasteiger partial charge in [-0.25, -0.2) is 5.43 Å². The third-order valence-corrected chi connectivity index (χ3v) is 20.5. The molecule has 19 nitrogen and oxygen atoms in total. The molecule has 10 heterocycles. The summed E-state index contributed by atoms with van der Waals surface area (Å²) in [5, 5.41) is 9.58. The molecular formula is C62H89N11O8. The lowest BCUT2D eigenvalue weighted by molar-refractivity contribution is -0.156. The molecule has 6 bridgehead atoms. The lowest BCUT2D eigenvalue weighted by Gasteiger charge is -2.44. The van der Waals surface area contributed by atoms with Crippen LogP contribution < -0.4 is 25.9 Å². The van der Waals surface area contributed by atoms with E-state index in [4.69, 9.17) is 23.9 Å². The molecule has 2 saturated carbocycles. The zero-order valence-electron chi connectivity index (χ0n) is 48.8. The monoisotopic (exact) mass is 1120 g/mol. The van der Waals surface area contributed by atoms with E-state index in [2.05, 4.69) is 97.1 Å². The highest BCUT2D eigenvalue weighted by atomic mass is 16.5. The van der Waals surface area contributed by atoms with E-state index in [0.29, 0.717) is 70.0 Å². The molecule has 0 radical (unpaired) electrons. The number of nitrogens with one attached hydrogen (secondary N) is 3. The van der Waals surface area contributed by atoms with Gasteiger partial charge in [0.15, 0.2) is 0 Å². The molecule has 9 atom stereocenters. The van der Waals surface area contributed by atoms with E-state index in [1.54, 1.807) is 12.1 Å². The zero-order chi connectivity index (χ0) is 55.7. The first-order valence-electron chi connectivity index (χ1n) is 31.2. The van der Waals surface area contributed by atoms with Gasteiger partial charge in [0.1, 0.15) is 18.1 Å². The lowest BCUT2D eigenvalue weighted by Crippen LogP contribution is -2.62. The number of carbonyl (C=O) groups excluding carboxylic acids is 4. The molecule has 10 aliphatic rings. The number of carbonyl (C=O) groups is 4. The van der Waals surface area contributed by atoms with Gasteiger partial charge in [0.05, 0.1) is 74.0 Å². The Morgan fingerprint density at radius 3 is 2.56 bits per heavy atom. The summed E-state index contributed by atoms with van der Waals surface area (Å²) in [6.45, 7) is 19.8. The second kappa shape index (κ2) is 22.6. The van der Waals surface area contributed by atoms with E-state index >= 15 is 9.59 Å². The summed E-state index contributed by atoms with van der Waals surface area (Å²) in [5.41, 5.74) is 10.2. The number of methoxy groups -OCH3 is 1. The van der Waals surface area contributed by atoms with Crippen LogP contribution >= 0.6 is 0 Å². The van der Waals surface area contributed by atoms with E-state index in [0.717, 1.165) is 143 Å². The number of rotatable bonds is 11. The Morgan fingerprint density at radius 2 is 1.74 bits per heavy atom. The van der Waals surface area contributed by atoms with Gasteiger partial charge in [-0.3, -0.25) is 44.3 Å². The SMILES string of the molecule is CCn1c(-c2cc(N3CCN4CCOC[C@@H]4C3)cnc2[C@H](C)OC)c2c3cc(ccc31)N1CCO[C@@H](C[C@H](NC(=O)C(C3CCCC3)N3CC[C@]4(CCN(C(=O)[C@@H]5NC5C5CC5)C4)C3)C(=O)N3CCC[C@H](N3)C(=O)OCC(C)(C)C2)C1. The molecule has 3 aromatic rings. The Labute approximate surface area is 478 Å². The fourth-order valence-electron chi connectivity index (χ4n) is 15.8. The molecule has 8 aliphatic heterocycles. The molecule has 3 N–H and O–H groups in total. The van der Waals surface area contributed by atoms with Crippen molar-refractivity contribution in [3.8, 4) is 11.3 Å². The molecule has 2 unspecified atom stereocenters. The summed E-state index contributed by atoms with van der Waals surface area (Å²) in [6, 6.07) is 7.77. The van der Waals surface area contributed by atoms with E-state index < -0.39 is 23.5 Å². The van der Waals surface area contributed by atoms with Crippen LogP contribution in [0, 0.1) is 22.7 Å². The molecule has 2 aromatic heterocycles. The lowest BCUT2D eigenvalue weighted by atomic mass is 9.84. The number of benzene rings is 1. The first-order valence-corrected chi connectivity index (χ1v) is 31.2. The van der Waals surface area contributed by atoms with Gasteiger partial charge < -0.3 is 43.5 Å². The first-order chi connectivity index (χ1) is 39.3. The van der Waals surface area contributed by atoms with Crippen molar-refractivity contribution < 1.29 is 38.1 Å². The Hall–Kier alpha value is -4.89. The number of fused-ring (bicyclic) bond motifs is 7. The summed E-state index contributed by atoms with van der Waals surface area (Å²) >= 11 is 0. The maximum Gasteiger partial charge on any atom is 0.324 e. The standard InChI is InChI=1S/C62H89N11O8/c1-6-72-51-16-15-42-28-46(51)48(56(72)47-29-43(32-63-52(47)39(2)78-5)68-23-22-67-24-26-79-35-44(67)33-68)31-61(3,4)38-81-60(77)49-12-9-19-73(66-49)58(75)50(30-45-34-69(42)25-27-80-45)64-57(74)55(41-10-7-8-11-41)70-20-17-62(36-70)18-21-71(37-62)59(76)54-53(65-54)40-13-14-40/h15-16,28-29,32,39-41,44-45,49-50,53-55,65-66H,6-14,17-27,30-31,33-38H2,1-5H3,(H,64,74)/t39-,44-,45-,49-,50-,53?,54+,55?,62-/m0/s1. The normalized spacial score (nSPS) is 31.3. The van der Waals surface area contributed by atoms with Gasteiger partial charge >= 0.3 is 5.97 Å². The molecular weight excluding hydrogens is 1030 g/mol. The third-order valence-electron chi connectivity index (χ3n) is 20.5. The zero-order valence-corrected chi connectivity index (χ0v) is 48.8. The predicted molar refractivity (Wildman–Crippen MR) is 308 cm³/mol. The number of ether oxygens (including phenoxy) is 4. The molecule has 7 saturated heterocycles. The number of hydrogen-bond donors (Lipinski definition) is 3. The van der Waals surface area contributed by atoms with Gasteiger partial charge in [0, 0.05) is 125 Å². The van der Waals surface area contributed by atoms with Gasteiger partial charge in [-0.15, -0.1) is 0 Å². The predicted octanol–water partition coefficient (Wildman–Crippen LogP) is 4.89. The van der Waals surface area contributed by atoms with Crippen molar-refractivity contribution in [2.75, 3.05) is 115 Å². The molecule has 3 amide bonds. The minimum atomic E-state index is -0.906. The highest BCUT2D eigenvalue weighted by Crippen LogP contribution is 2.46. The van der Waals surface area contributed by atoms with Gasteiger partial charge in [0.2, 0.25) is 11.8 Å². The number of aromatic nitrogens is 2. The van der Waals surface area contributed by atoms with Crippen LogP contribution in [0.5, 0.6) is 0 Å². The molecule has 19 heteroatoms. The number of hydrogen-bond acceptors (Lipinski definition) is 15. The van der Waals surface area contributed by atoms with Crippen LogP contribution in [-0.4, -0.2) is 201 Å². The fraction of sp³-hybridized carbons (Fsp3) is 0.726. The topological polar surface area (TPSA) is 188 Å². The first kappa shape index (κ1) is 55.3. The number of piperazine rings is 1. The van der Waals surface area contributed by atoms with Crippen LogP contribution in [0.25, 0.3) is 22.2 Å². The van der Waals surface area contributed by atoms with Crippen molar-refractivity contribution >= 4 is 46.0 Å². The molecule has 2 aliphatic carbocycles. The van der Waals surface area contributed by atoms with Crippen molar-refractivity contribution in [1.82, 2.24) is 45.3 Å². The summed E-state index contributed by atoms with van der Waals surface area (Å²) in [4.78, 5) is 75.7. The van der Waals surface area contributed by atoms with Crippen LogP contribution in [0.1, 0.15) is 116 Å². The van der Waals surface area contributed by atoms with Crippen LogP contribution in [-0.2, 0) is 51.1 Å². The number of hydrazine groups is 1. The summed E-state index contributed by atoms with van der Waals surface area (Å²) in [5.74, 6) is 0.320. The maximum absolute atomic E-state index is 15.3. The molecule has 13 rings (SSSR count). The summed E-state index contributed by atoms with van der Waals surface area (Å²) < 4.78 is 27.4. The van der Waals surface area contributed by atoms with Crippen molar-refractivity contribution in [2.24, 2.45) is 22.7 Å². The van der Waals surface area contributed by atoms with Crippen LogP contribution in [0.15, 0.2) is 30.5 Å². The number of aryl methyl sites for hydroxylation is 1. The van der Waals surface area contributed by atoms with E-state index in [9.17, 15) is 9.59 Å². The number of morpholine rings is 2. The Morgan fingerprint density at radius 1 is 0.914 bits per heavy atom. The smallest absolute Gasteiger partial charge is 0.324 e. The second-order valence-electron chi connectivity index (χ2n) is 26.7. The molecule has 81 heavy (non-hydrogen) atoms. The fourth-order valence-corrected chi connectivity index (χ4v) is 15.8. The van der Waals surface area contributed by atoms with Gasteiger partial charge in [-0.2, -0.15) is 0 Å². The number of anilines is 2. The van der Waals surface area contributed by atoms with E-state index in [1.807, 2.05) is 6.20 Å². The van der Waals surface area contributed by atoms with Gasteiger partial charge in [0.25, 0.3) is 5.91 Å². The van der Waals surface area contributed by atoms with Crippen LogP contribution in [0.2, 0.25) is 0 Å². The largest absolute Gasteiger partial charge is 0.464 e. The van der Waals surface area contributed by atoms with E-state index in [1.165, 1.54) is 18.4 Å². The third kappa shape index (κ3) is 11.1. The Balaban J connectivity index is 0.812. The average Bonchev–Trinajstić information content (AvgIpc) is 4.16. The van der Waals surface area contributed by atoms with Crippen molar-refractivity contribution in [2.45, 2.75) is 160 Å².